The van der Waals surface area contributed by atoms with Gasteiger partial charge in [-0.1, -0.05) is 106 Å². The normalized spacial score (nSPS) is 7.35. The minimum Gasteiger partial charge on any atom is -0.0776 e. The highest BCUT2D eigenvalue weighted by Crippen LogP contribution is 1.99. The Kier molecular flexibility index (Phi) is 20.5. The number of aryl methyl sites for hydroxylation is 3. The van der Waals surface area contributed by atoms with E-state index in [1.807, 2.05) is 45.9 Å². The SMILES string of the molecule is C.CC.CC.Cc1ccc(C)cc1.Cc1ccccc1. The molecule has 0 radical (unpaired) electrons. The van der Waals surface area contributed by atoms with E-state index < -0.39 is 0 Å². The Morgan fingerprint density at radius 1 is 0.450 bits per heavy atom. The summed E-state index contributed by atoms with van der Waals surface area (Å²) in [4.78, 5) is 0. The van der Waals surface area contributed by atoms with Crippen molar-refractivity contribution in [3.05, 3.63) is 71.3 Å². The van der Waals surface area contributed by atoms with Crippen LogP contribution in [-0.4, -0.2) is 0 Å². The molecule has 0 N–H and O–H groups in total. The standard InChI is InChI=1S/C8H10.C7H8.2C2H6.CH4/c1-7-3-5-8(2)6-4-7;1-7-5-3-2-4-6-7;2*1-2;/h3-6H,1-2H3;2-6H,1H3;2*1-2H3;1H4. The molecule has 2 aromatic carbocycles. The molecule has 0 spiro atoms. The Hall–Kier alpha value is -1.56. The number of benzene rings is 2. The first-order valence-electron chi connectivity index (χ1n) is 7.23. The fourth-order valence-corrected chi connectivity index (χ4v) is 1.17. The molecule has 0 heteroatoms. The lowest BCUT2D eigenvalue weighted by molar-refractivity contribution is 1.40. The van der Waals surface area contributed by atoms with Crippen molar-refractivity contribution in [1.29, 1.82) is 0 Å². The van der Waals surface area contributed by atoms with Crippen LogP contribution in [0.4, 0.5) is 0 Å². The van der Waals surface area contributed by atoms with Gasteiger partial charge in [-0.3, -0.25) is 0 Å². The van der Waals surface area contributed by atoms with Gasteiger partial charge in [0.2, 0.25) is 0 Å². The molecule has 2 rings (SSSR count). The van der Waals surface area contributed by atoms with Crippen LogP contribution < -0.4 is 0 Å². The number of hydrogen-bond acceptors (Lipinski definition) is 0. The van der Waals surface area contributed by atoms with Crippen LogP contribution in [0.1, 0.15) is 51.8 Å². The monoisotopic (exact) mass is 274 g/mol. The second-order valence-electron chi connectivity index (χ2n) is 3.81. The molecule has 0 aromatic heterocycles. The molecule has 0 saturated carbocycles. The maximum Gasteiger partial charge on any atom is -0.0398 e. The van der Waals surface area contributed by atoms with E-state index in [-0.39, 0.29) is 7.43 Å². The van der Waals surface area contributed by atoms with Crippen molar-refractivity contribution in [2.45, 2.75) is 55.9 Å². The van der Waals surface area contributed by atoms with Crippen LogP contribution in [0.3, 0.4) is 0 Å². The Labute approximate surface area is 127 Å². The predicted molar refractivity (Wildman–Crippen MR) is 96.5 cm³/mol. The zero-order chi connectivity index (χ0) is 15.1. The fraction of sp³-hybridized carbons (Fsp3) is 0.400. The van der Waals surface area contributed by atoms with Crippen LogP contribution in [0.25, 0.3) is 0 Å². The molecule has 0 aliphatic rings. The van der Waals surface area contributed by atoms with E-state index in [4.69, 9.17) is 0 Å². The van der Waals surface area contributed by atoms with Crippen LogP contribution in [0.2, 0.25) is 0 Å². The molecule has 2 aromatic rings. The number of hydrogen-bond donors (Lipinski definition) is 0. The van der Waals surface area contributed by atoms with Crippen LogP contribution >= 0.6 is 0 Å². The molecule has 0 bridgehead atoms. The van der Waals surface area contributed by atoms with Gasteiger partial charge < -0.3 is 0 Å². The summed E-state index contributed by atoms with van der Waals surface area (Å²) in [6.07, 6.45) is 0. The van der Waals surface area contributed by atoms with Crippen LogP contribution in [-0.2, 0) is 0 Å². The van der Waals surface area contributed by atoms with E-state index in [1.165, 1.54) is 16.7 Å². The minimum atomic E-state index is 0. The van der Waals surface area contributed by atoms with E-state index >= 15 is 0 Å². The summed E-state index contributed by atoms with van der Waals surface area (Å²) in [6.45, 7) is 14.3. The molecule has 0 saturated heterocycles. The summed E-state index contributed by atoms with van der Waals surface area (Å²) in [7, 11) is 0. The van der Waals surface area contributed by atoms with E-state index in [2.05, 4.69) is 57.2 Å². The van der Waals surface area contributed by atoms with Crippen LogP contribution in [0.5, 0.6) is 0 Å². The van der Waals surface area contributed by atoms with E-state index in [0.29, 0.717) is 0 Å². The smallest absolute Gasteiger partial charge is 0.0398 e. The lowest BCUT2D eigenvalue weighted by atomic mass is 10.2. The molecule has 0 unspecified atom stereocenters. The van der Waals surface area contributed by atoms with Gasteiger partial charge in [0.25, 0.3) is 0 Å². The Morgan fingerprint density at radius 2 is 0.700 bits per heavy atom. The van der Waals surface area contributed by atoms with Gasteiger partial charge in [0.1, 0.15) is 0 Å². The molecule has 0 heterocycles. The predicted octanol–water partition coefficient (Wildman–Crippen LogP) is 6.99. The molecule has 0 aliphatic heterocycles. The molecule has 0 aliphatic carbocycles. The summed E-state index contributed by atoms with van der Waals surface area (Å²) < 4.78 is 0. The van der Waals surface area contributed by atoms with Crippen molar-refractivity contribution in [2.24, 2.45) is 0 Å². The second-order valence-corrected chi connectivity index (χ2v) is 3.81. The van der Waals surface area contributed by atoms with Gasteiger partial charge in [-0.15, -0.1) is 0 Å². The molecular weight excluding hydrogens is 240 g/mol. The maximum absolute atomic E-state index is 2.12. The Morgan fingerprint density at radius 3 is 0.900 bits per heavy atom. The average molecular weight is 274 g/mol. The molecule has 0 amide bonds. The summed E-state index contributed by atoms with van der Waals surface area (Å²) in [5, 5.41) is 0. The maximum atomic E-state index is 2.12. The van der Waals surface area contributed by atoms with Crippen molar-refractivity contribution in [1.82, 2.24) is 0 Å². The molecule has 0 nitrogen and oxygen atoms in total. The average Bonchev–Trinajstić information content (AvgIpc) is 2.48. The van der Waals surface area contributed by atoms with Gasteiger partial charge in [-0.2, -0.15) is 0 Å². The van der Waals surface area contributed by atoms with Crippen LogP contribution in [0, 0.1) is 20.8 Å². The number of rotatable bonds is 0. The summed E-state index contributed by atoms with van der Waals surface area (Å²) in [6, 6.07) is 18.7. The third-order valence-electron chi connectivity index (χ3n) is 2.16. The largest absolute Gasteiger partial charge is 0.0776 e. The molecular formula is C20H34. The first-order valence-corrected chi connectivity index (χ1v) is 7.23. The Bertz CT molecular complexity index is 350. The summed E-state index contributed by atoms with van der Waals surface area (Å²) in [5.74, 6) is 0. The lowest BCUT2D eigenvalue weighted by Gasteiger charge is -1.90. The van der Waals surface area contributed by atoms with Gasteiger partial charge in [0.05, 0.1) is 0 Å². The van der Waals surface area contributed by atoms with E-state index in [0.717, 1.165) is 0 Å². The topological polar surface area (TPSA) is 0 Å². The summed E-state index contributed by atoms with van der Waals surface area (Å²) >= 11 is 0. The Balaban J connectivity index is -0.000000224. The van der Waals surface area contributed by atoms with Gasteiger partial charge in [-0.25, -0.2) is 0 Å². The highest BCUT2D eigenvalue weighted by Gasteiger charge is 1.79. The van der Waals surface area contributed by atoms with Crippen LogP contribution in [0.15, 0.2) is 54.6 Å². The van der Waals surface area contributed by atoms with Crippen molar-refractivity contribution in [2.75, 3.05) is 0 Å². The van der Waals surface area contributed by atoms with E-state index in [9.17, 15) is 0 Å². The summed E-state index contributed by atoms with van der Waals surface area (Å²) in [5.41, 5.74) is 3.98. The quantitative estimate of drug-likeness (QED) is 0.486. The van der Waals surface area contributed by atoms with Gasteiger partial charge in [0.15, 0.2) is 0 Å². The molecule has 20 heavy (non-hydrogen) atoms. The van der Waals surface area contributed by atoms with Crippen molar-refractivity contribution >= 4 is 0 Å². The molecule has 0 fully saturated rings. The zero-order valence-electron chi connectivity index (χ0n) is 13.7. The van der Waals surface area contributed by atoms with Crippen molar-refractivity contribution < 1.29 is 0 Å². The second kappa shape index (κ2) is 17.4. The van der Waals surface area contributed by atoms with Gasteiger partial charge in [0, 0.05) is 0 Å². The van der Waals surface area contributed by atoms with Crippen molar-refractivity contribution in [3.8, 4) is 0 Å². The first kappa shape index (κ1) is 23.5. The molecule has 0 atom stereocenters. The third kappa shape index (κ3) is 14.5. The highest BCUT2D eigenvalue weighted by atomic mass is 13.9. The van der Waals surface area contributed by atoms with Crippen molar-refractivity contribution in [3.63, 3.8) is 0 Å². The highest BCUT2D eigenvalue weighted by molar-refractivity contribution is 5.19. The van der Waals surface area contributed by atoms with Gasteiger partial charge >= 0.3 is 0 Å². The zero-order valence-corrected chi connectivity index (χ0v) is 13.7. The fourth-order valence-electron chi connectivity index (χ4n) is 1.17. The van der Waals surface area contributed by atoms with E-state index in [1.54, 1.807) is 0 Å². The third-order valence-corrected chi connectivity index (χ3v) is 2.16. The molecule has 114 valence electrons. The first-order chi connectivity index (χ1) is 9.18. The van der Waals surface area contributed by atoms with Gasteiger partial charge in [-0.05, 0) is 20.8 Å². The lowest BCUT2D eigenvalue weighted by Crippen LogP contribution is -1.70. The minimum absolute atomic E-state index is 0.